The van der Waals surface area contributed by atoms with E-state index in [-0.39, 0.29) is 0 Å². The maximum atomic E-state index is 5.82. The number of amidine groups is 1. The minimum atomic E-state index is 0.573. The molecule has 1 aromatic rings. The minimum Gasteiger partial charge on any atom is -0.349 e. The topological polar surface area (TPSA) is 50.9 Å². The summed E-state index contributed by atoms with van der Waals surface area (Å²) in [7, 11) is 0. The van der Waals surface area contributed by atoms with Crippen molar-refractivity contribution in [2.24, 2.45) is 10.1 Å². The van der Waals surface area contributed by atoms with Gasteiger partial charge in [-0.25, -0.2) is 0 Å². The molecule has 1 aliphatic heterocycles. The largest absolute Gasteiger partial charge is 0.349 e. The van der Waals surface area contributed by atoms with Crippen LogP contribution in [0, 0.1) is 0 Å². The Hall–Kier alpha value is -1.20. The van der Waals surface area contributed by atoms with Gasteiger partial charge in [-0.05, 0) is 24.1 Å². The van der Waals surface area contributed by atoms with Crippen LogP contribution >= 0.6 is 23.4 Å². The zero-order valence-electron chi connectivity index (χ0n) is 10.1. The lowest BCUT2D eigenvalue weighted by atomic mass is 10.2. The molecule has 0 fully saturated rings. The lowest BCUT2D eigenvalue weighted by Crippen LogP contribution is -2.27. The zero-order chi connectivity index (χ0) is 12.8. The summed E-state index contributed by atoms with van der Waals surface area (Å²) in [5.74, 6) is 1.59. The van der Waals surface area contributed by atoms with Crippen molar-refractivity contribution in [3.63, 3.8) is 0 Å². The predicted molar refractivity (Wildman–Crippen MR) is 78.0 cm³/mol. The van der Waals surface area contributed by atoms with E-state index >= 15 is 0 Å². The Bertz CT molecular complexity index is 456. The summed E-state index contributed by atoms with van der Waals surface area (Å²) >= 11 is 7.45. The van der Waals surface area contributed by atoms with Gasteiger partial charge in [0.25, 0.3) is 0 Å². The van der Waals surface area contributed by atoms with Gasteiger partial charge in [-0.1, -0.05) is 42.4 Å². The fourth-order valence-corrected chi connectivity index (χ4v) is 2.10. The predicted octanol–water partition coefficient (Wildman–Crippen LogP) is 2.82. The van der Waals surface area contributed by atoms with E-state index in [0.29, 0.717) is 12.5 Å². The number of hydrogen-bond donors (Lipinski definition) is 1. The normalized spacial score (nSPS) is 13.9. The molecule has 0 amide bonds. The average Bonchev–Trinajstić information content (AvgIpc) is 2.84. The first kappa shape index (κ1) is 13.2. The molecule has 1 N–H and O–H groups in total. The molecule has 1 heterocycles. The number of rotatable bonds is 4. The molecular weight excluding hydrogens is 268 g/mol. The molecule has 0 aromatic heterocycles. The van der Waals surface area contributed by atoms with E-state index in [9.17, 15) is 0 Å². The third kappa shape index (κ3) is 3.92. The molecule has 1 aromatic carbocycles. The highest BCUT2D eigenvalue weighted by Crippen LogP contribution is 2.11. The second-order valence-electron chi connectivity index (χ2n) is 3.75. The second-order valence-corrected chi connectivity index (χ2v) is 5.24. The monoisotopic (exact) mass is 281 g/mol. The fraction of sp³-hybridized carbons (Fsp3) is 0.333. The van der Waals surface area contributed by atoms with Gasteiger partial charge >= 0.3 is 0 Å². The van der Waals surface area contributed by atoms with E-state index in [1.807, 2.05) is 24.3 Å². The van der Waals surface area contributed by atoms with Gasteiger partial charge < -0.3 is 5.32 Å². The van der Waals surface area contributed by atoms with Crippen LogP contribution in [0.4, 0.5) is 0 Å². The summed E-state index contributed by atoms with van der Waals surface area (Å²) in [5, 5.41) is 8.61. The first-order chi connectivity index (χ1) is 8.78. The molecular formula is C12H14ClN4S. The van der Waals surface area contributed by atoms with E-state index in [1.54, 1.807) is 11.8 Å². The SMILES string of the molecule is CCCSC1=N[N]C(NCc2ccc(Cl)cc2)=N1. The Morgan fingerprint density at radius 3 is 2.78 bits per heavy atom. The van der Waals surface area contributed by atoms with Crippen LogP contribution in [0.15, 0.2) is 34.4 Å². The van der Waals surface area contributed by atoms with Gasteiger partial charge in [0.15, 0.2) is 0 Å². The number of nitrogens with one attached hydrogen (secondary N) is 1. The van der Waals surface area contributed by atoms with Crippen molar-refractivity contribution in [3.05, 3.63) is 34.9 Å². The van der Waals surface area contributed by atoms with E-state index in [1.165, 1.54) is 0 Å². The van der Waals surface area contributed by atoms with Crippen LogP contribution in [0.3, 0.4) is 0 Å². The first-order valence-corrected chi connectivity index (χ1v) is 7.13. The molecule has 4 nitrogen and oxygen atoms in total. The van der Waals surface area contributed by atoms with Crippen LogP contribution in [0.25, 0.3) is 0 Å². The highest BCUT2D eigenvalue weighted by Gasteiger charge is 2.11. The number of aliphatic imine (C=N–C) groups is 1. The molecule has 0 bridgehead atoms. The molecule has 18 heavy (non-hydrogen) atoms. The maximum absolute atomic E-state index is 5.82. The molecule has 1 aliphatic rings. The van der Waals surface area contributed by atoms with Crippen LogP contribution in [0.2, 0.25) is 5.02 Å². The molecule has 2 rings (SSSR count). The molecule has 95 valence electrons. The van der Waals surface area contributed by atoms with Crippen LogP contribution < -0.4 is 10.7 Å². The van der Waals surface area contributed by atoms with Crippen molar-refractivity contribution in [1.29, 1.82) is 0 Å². The number of nitrogens with zero attached hydrogens (tertiary/aromatic N) is 3. The molecule has 6 heteroatoms. The summed E-state index contributed by atoms with van der Waals surface area (Å²) in [6.45, 7) is 2.80. The number of halogens is 1. The summed E-state index contributed by atoms with van der Waals surface area (Å²) in [5.41, 5.74) is 5.11. The lowest BCUT2D eigenvalue weighted by molar-refractivity contribution is 0.855. The standard InChI is InChI=1S/C12H14ClN4S/c1-2-7-18-12-15-11(16-17-12)14-8-9-3-5-10(13)6-4-9/h3-6H,2,7-8H2,1H3,(H,14,15,17). The van der Waals surface area contributed by atoms with E-state index in [0.717, 1.165) is 27.9 Å². The van der Waals surface area contributed by atoms with Crippen molar-refractivity contribution in [3.8, 4) is 0 Å². The number of benzene rings is 1. The minimum absolute atomic E-state index is 0.573. The first-order valence-electron chi connectivity index (χ1n) is 5.76. The number of thioether (sulfide) groups is 1. The molecule has 0 saturated heterocycles. The smallest absolute Gasteiger partial charge is 0.245 e. The summed E-state index contributed by atoms with van der Waals surface area (Å²) in [6.07, 6.45) is 1.10. The van der Waals surface area contributed by atoms with Gasteiger partial charge in [0.1, 0.15) is 0 Å². The van der Waals surface area contributed by atoms with E-state index < -0.39 is 0 Å². The number of hydrogen-bond acceptors (Lipinski definition) is 4. The Morgan fingerprint density at radius 2 is 2.06 bits per heavy atom. The molecule has 0 saturated carbocycles. The van der Waals surface area contributed by atoms with E-state index in [4.69, 9.17) is 11.6 Å². The zero-order valence-corrected chi connectivity index (χ0v) is 11.6. The second kappa shape index (κ2) is 6.66. The molecule has 0 atom stereocenters. The third-order valence-corrected chi connectivity index (χ3v) is 3.53. The van der Waals surface area contributed by atoms with Crippen LogP contribution in [0.5, 0.6) is 0 Å². The van der Waals surface area contributed by atoms with E-state index in [2.05, 4.69) is 27.8 Å². The van der Waals surface area contributed by atoms with Crippen molar-refractivity contribution >= 4 is 34.5 Å². The molecule has 0 aliphatic carbocycles. The Morgan fingerprint density at radius 1 is 1.28 bits per heavy atom. The van der Waals surface area contributed by atoms with Gasteiger partial charge in [-0.3, -0.25) is 0 Å². The van der Waals surface area contributed by atoms with Crippen molar-refractivity contribution < 1.29 is 0 Å². The van der Waals surface area contributed by atoms with Gasteiger partial charge in [0.05, 0.1) is 0 Å². The van der Waals surface area contributed by atoms with Gasteiger partial charge in [-0.15, -0.1) is 10.5 Å². The van der Waals surface area contributed by atoms with Crippen molar-refractivity contribution in [2.45, 2.75) is 19.9 Å². The van der Waals surface area contributed by atoms with Crippen LogP contribution in [0.1, 0.15) is 18.9 Å². The quantitative estimate of drug-likeness (QED) is 0.923. The number of guanidine groups is 1. The average molecular weight is 282 g/mol. The summed E-state index contributed by atoms with van der Waals surface area (Å²) in [6, 6.07) is 7.67. The van der Waals surface area contributed by atoms with Gasteiger partial charge in [0.2, 0.25) is 11.1 Å². The highest BCUT2D eigenvalue weighted by atomic mass is 35.5. The molecule has 0 spiro atoms. The van der Waals surface area contributed by atoms with Crippen LogP contribution in [-0.4, -0.2) is 16.9 Å². The molecule has 0 unspecified atom stereocenters. The highest BCUT2D eigenvalue weighted by molar-refractivity contribution is 8.13. The van der Waals surface area contributed by atoms with Gasteiger partial charge in [-0.2, -0.15) is 4.99 Å². The van der Waals surface area contributed by atoms with Crippen molar-refractivity contribution in [2.75, 3.05) is 5.75 Å². The Kier molecular flexibility index (Phi) is 4.90. The third-order valence-electron chi connectivity index (χ3n) is 2.23. The lowest BCUT2D eigenvalue weighted by Gasteiger charge is -2.03. The Labute approximate surface area is 116 Å². The van der Waals surface area contributed by atoms with Crippen molar-refractivity contribution in [1.82, 2.24) is 10.7 Å². The Balaban J connectivity index is 1.80. The van der Waals surface area contributed by atoms with Gasteiger partial charge in [0, 0.05) is 17.3 Å². The maximum Gasteiger partial charge on any atom is 0.245 e. The summed E-state index contributed by atoms with van der Waals surface area (Å²) in [4.78, 5) is 4.28. The fourth-order valence-electron chi connectivity index (χ4n) is 1.34. The molecule has 1 radical (unpaired) electrons. The van der Waals surface area contributed by atoms with Crippen LogP contribution in [-0.2, 0) is 6.54 Å². The summed E-state index contributed by atoms with van der Waals surface area (Å²) < 4.78 is 0.